The summed E-state index contributed by atoms with van der Waals surface area (Å²) in [5.74, 6) is 0. The lowest BCUT2D eigenvalue weighted by molar-refractivity contribution is -0.0551. The van der Waals surface area contributed by atoms with Gasteiger partial charge in [0.1, 0.15) is 30.2 Å². The van der Waals surface area contributed by atoms with Gasteiger partial charge in [0, 0.05) is 0 Å². The molecule has 0 aromatic carbocycles. The van der Waals surface area contributed by atoms with Crippen LogP contribution in [0.5, 0.6) is 0 Å². The Morgan fingerprint density at radius 2 is 2.16 bits per heavy atom. The van der Waals surface area contributed by atoms with E-state index in [2.05, 4.69) is 15.0 Å². The quantitative estimate of drug-likeness (QED) is 0.420. The predicted molar refractivity (Wildman–Crippen MR) is 60.7 cm³/mol. The third-order valence-corrected chi connectivity index (χ3v) is 3.21. The first-order valence-corrected chi connectivity index (χ1v) is 5.70. The van der Waals surface area contributed by atoms with Crippen molar-refractivity contribution >= 4 is 11.2 Å². The molecule has 9 heteroatoms. The van der Waals surface area contributed by atoms with Crippen LogP contribution in [0.4, 0.5) is 0 Å². The van der Waals surface area contributed by atoms with Crippen LogP contribution in [0.25, 0.3) is 11.2 Å². The zero-order valence-electron chi connectivity index (χ0n) is 9.76. The molecule has 19 heavy (non-hydrogen) atoms. The topological polar surface area (TPSA) is 140 Å². The maximum absolute atomic E-state index is 9.92. The van der Waals surface area contributed by atoms with Crippen molar-refractivity contribution in [2.24, 2.45) is 0 Å². The highest BCUT2D eigenvalue weighted by Crippen LogP contribution is 2.28. The van der Waals surface area contributed by atoms with E-state index in [1.54, 1.807) is 0 Å². The van der Waals surface area contributed by atoms with Gasteiger partial charge in [-0.1, -0.05) is 0 Å². The van der Waals surface area contributed by atoms with E-state index < -0.39 is 31.1 Å². The maximum atomic E-state index is 9.92. The molecule has 102 valence electrons. The van der Waals surface area contributed by atoms with Crippen LogP contribution in [-0.4, -0.2) is 59.8 Å². The molecule has 2 aromatic rings. The molecule has 2 aromatic heterocycles. The molecule has 0 bridgehead atoms. The predicted octanol–water partition coefficient (Wildman–Crippen LogP) is -2.15. The summed E-state index contributed by atoms with van der Waals surface area (Å²) < 4.78 is 6.63. The lowest BCUT2D eigenvalue weighted by Crippen LogP contribution is -2.35. The number of fused-ring (bicyclic) bond motifs is 1. The van der Waals surface area contributed by atoms with Gasteiger partial charge in [0.25, 0.3) is 0 Å². The van der Waals surface area contributed by atoms with E-state index in [-0.39, 0.29) is 5.49 Å². The molecule has 1 aliphatic heterocycles. The standard InChI is InChI=1S/C10H13N5O4/c11-8-5-9(13-2-12-5)14-3-15(8)10-7(18)6(17)4(1-16)19-10/h2-4,6-7,10-11,16-18H,1H2,(H,12,13)/t4-,6+,7+,10-/m1/s1. The van der Waals surface area contributed by atoms with Crippen molar-refractivity contribution in [1.82, 2.24) is 19.5 Å². The number of hydrogen-bond donors (Lipinski definition) is 5. The zero-order valence-corrected chi connectivity index (χ0v) is 9.76. The number of aliphatic hydroxyl groups excluding tert-OH is 3. The number of H-pyrrole nitrogens is 1. The fraction of sp³-hybridized carbons (Fsp3) is 0.500. The van der Waals surface area contributed by atoms with Gasteiger partial charge in [0.05, 0.1) is 12.9 Å². The molecule has 0 unspecified atom stereocenters. The van der Waals surface area contributed by atoms with Gasteiger partial charge in [-0.2, -0.15) is 0 Å². The summed E-state index contributed by atoms with van der Waals surface area (Å²) in [4.78, 5) is 10.7. The fourth-order valence-electron chi connectivity index (χ4n) is 2.17. The summed E-state index contributed by atoms with van der Waals surface area (Å²) in [6, 6.07) is 0. The van der Waals surface area contributed by atoms with Crippen LogP contribution in [0.15, 0.2) is 12.7 Å². The number of imidazole rings is 1. The van der Waals surface area contributed by atoms with E-state index in [0.29, 0.717) is 11.2 Å². The second kappa shape index (κ2) is 4.38. The molecular weight excluding hydrogens is 254 g/mol. The number of ether oxygens (including phenoxy) is 1. The van der Waals surface area contributed by atoms with Crippen LogP contribution in [0, 0.1) is 5.41 Å². The van der Waals surface area contributed by atoms with Gasteiger partial charge >= 0.3 is 0 Å². The second-order valence-electron chi connectivity index (χ2n) is 4.33. The summed E-state index contributed by atoms with van der Waals surface area (Å²) in [6.45, 7) is -0.414. The summed E-state index contributed by atoms with van der Waals surface area (Å²) in [6.07, 6.45) is -1.58. The van der Waals surface area contributed by atoms with Crippen LogP contribution in [0.3, 0.4) is 0 Å². The summed E-state index contributed by atoms with van der Waals surface area (Å²) in [7, 11) is 0. The van der Waals surface area contributed by atoms with Crippen molar-refractivity contribution in [2.45, 2.75) is 24.5 Å². The van der Waals surface area contributed by atoms with Crippen LogP contribution in [0.2, 0.25) is 0 Å². The maximum Gasteiger partial charge on any atom is 0.182 e. The molecule has 1 aliphatic rings. The van der Waals surface area contributed by atoms with Crippen molar-refractivity contribution in [1.29, 1.82) is 5.41 Å². The van der Waals surface area contributed by atoms with Crippen LogP contribution in [0.1, 0.15) is 6.23 Å². The lowest BCUT2D eigenvalue weighted by Gasteiger charge is -2.17. The normalized spacial score (nSPS) is 31.1. The van der Waals surface area contributed by atoms with Gasteiger partial charge in [-0.15, -0.1) is 0 Å². The average molecular weight is 267 g/mol. The second-order valence-corrected chi connectivity index (χ2v) is 4.33. The molecule has 4 atom stereocenters. The highest BCUT2D eigenvalue weighted by molar-refractivity contribution is 5.67. The van der Waals surface area contributed by atoms with E-state index in [9.17, 15) is 10.2 Å². The lowest BCUT2D eigenvalue weighted by atomic mass is 10.1. The van der Waals surface area contributed by atoms with Crippen molar-refractivity contribution in [3.8, 4) is 0 Å². The molecule has 0 amide bonds. The number of aromatic nitrogens is 4. The van der Waals surface area contributed by atoms with Crippen molar-refractivity contribution in [3.05, 3.63) is 18.1 Å². The van der Waals surface area contributed by atoms with E-state index in [0.717, 1.165) is 0 Å². The number of rotatable bonds is 2. The highest BCUT2D eigenvalue weighted by Gasteiger charge is 2.43. The van der Waals surface area contributed by atoms with Gasteiger partial charge in [0.2, 0.25) is 0 Å². The molecule has 5 N–H and O–H groups in total. The average Bonchev–Trinajstić information content (AvgIpc) is 2.98. The number of aliphatic hydroxyl groups is 3. The van der Waals surface area contributed by atoms with Crippen molar-refractivity contribution < 1.29 is 20.1 Å². The van der Waals surface area contributed by atoms with Gasteiger partial charge in [-0.05, 0) is 0 Å². The van der Waals surface area contributed by atoms with Crippen LogP contribution < -0.4 is 5.49 Å². The van der Waals surface area contributed by atoms with Crippen LogP contribution in [-0.2, 0) is 4.74 Å². The Labute approximate surface area is 106 Å². The van der Waals surface area contributed by atoms with Gasteiger partial charge in [-0.3, -0.25) is 9.98 Å². The molecule has 0 aliphatic carbocycles. The highest BCUT2D eigenvalue weighted by atomic mass is 16.6. The minimum atomic E-state index is -1.24. The van der Waals surface area contributed by atoms with Crippen molar-refractivity contribution in [3.63, 3.8) is 0 Å². The first kappa shape index (κ1) is 12.2. The number of aromatic amines is 1. The Morgan fingerprint density at radius 1 is 1.37 bits per heavy atom. The molecule has 3 heterocycles. The molecular formula is C10H13N5O4. The zero-order chi connectivity index (χ0) is 13.6. The Morgan fingerprint density at radius 3 is 2.84 bits per heavy atom. The van der Waals surface area contributed by atoms with Crippen LogP contribution >= 0.6 is 0 Å². The summed E-state index contributed by atoms with van der Waals surface area (Å²) in [5.41, 5.74) is 0.811. The largest absolute Gasteiger partial charge is 0.394 e. The Kier molecular flexibility index (Phi) is 2.82. The van der Waals surface area contributed by atoms with Gasteiger partial charge in [-0.25, -0.2) is 9.97 Å². The smallest absolute Gasteiger partial charge is 0.182 e. The molecule has 1 fully saturated rings. The fourth-order valence-corrected chi connectivity index (χ4v) is 2.17. The monoisotopic (exact) mass is 267 g/mol. The number of nitrogens with zero attached hydrogens (tertiary/aromatic N) is 3. The SMILES string of the molecule is N=c1c2[nH]cnc2ncn1[C@@H]1O[C@H](CO)[C@H](O)[C@@H]1O. The molecule has 9 nitrogen and oxygen atoms in total. The molecule has 3 rings (SSSR count). The molecule has 0 saturated carbocycles. The minimum Gasteiger partial charge on any atom is -0.394 e. The van der Waals surface area contributed by atoms with E-state index in [1.807, 2.05) is 0 Å². The molecule has 0 radical (unpaired) electrons. The Hall–Kier alpha value is -1.81. The summed E-state index contributed by atoms with van der Waals surface area (Å²) in [5, 5.41) is 36.7. The van der Waals surface area contributed by atoms with Gasteiger partial charge < -0.3 is 25.0 Å². The minimum absolute atomic E-state index is 0.0253. The number of nitrogens with one attached hydrogen (secondary N) is 2. The number of hydrogen-bond acceptors (Lipinski definition) is 7. The third-order valence-electron chi connectivity index (χ3n) is 3.21. The Bertz CT molecular complexity index is 653. The third kappa shape index (κ3) is 1.75. The van der Waals surface area contributed by atoms with Gasteiger partial charge in [0.15, 0.2) is 17.4 Å². The molecule has 0 spiro atoms. The first-order valence-electron chi connectivity index (χ1n) is 5.70. The molecule has 1 saturated heterocycles. The first-order chi connectivity index (χ1) is 9.13. The van der Waals surface area contributed by atoms with E-state index in [1.165, 1.54) is 17.2 Å². The van der Waals surface area contributed by atoms with E-state index >= 15 is 0 Å². The Balaban J connectivity index is 2.05. The van der Waals surface area contributed by atoms with E-state index in [4.69, 9.17) is 15.3 Å². The summed E-state index contributed by atoms with van der Waals surface area (Å²) >= 11 is 0. The van der Waals surface area contributed by atoms with Crippen molar-refractivity contribution in [2.75, 3.05) is 6.61 Å².